The molecule has 0 saturated heterocycles. The molecule has 0 amide bonds. The lowest BCUT2D eigenvalue weighted by atomic mass is 10.2. The summed E-state index contributed by atoms with van der Waals surface area (Å²) < 4.78 is 43.2. The Labute approximate surface area is 171 Å². The fourth-order valence-corrected chi connectivity index (χ4v) is 4.14. The van der Waals surface area contributed by atoms with Crippen LogP contribution in [0.5, 0.6) is 11.5 Å². The van der Waals surface area contributed by atoms with Crippen LogP contribution >= 0.6 is 0 Å². The molecule has 0 aliphatic heterocycles. The Morgan fingerprint density at radius 3 is 2.41 bits per heavy atom. The van der Waals surface area contributed by atoms with Crippen LogP contribution in [0.1, 0.15) is 12.5 Å². The van der Waals surface area contributed by atoms with Crippen LogP contribution < -0.4 is 13.8 Å². The molecule has 0 aliphatic carbocycles. The van der Waals surface area contributed by atoms with Crippen molar-refractivity contribution in [3.05, 3.63) is 60.7 Å². The van der Waals surface area contributed by atoms with E-state index in [4.69, 9.17) is 14.2 Å². The van der Waals surface area contributed by atoms with Crippen molar-refractivity contribution in [2.75, 3.05) is 31.2 Å². The summed E-state index contributed by atoms with van der Waals surface area (Å²) in [4.78, 5) is 12.1. The van der Waals surface area contributed by atoms with Gasteiger partial charge in [-0.05, 0) is 61.9 Å². The van der Waals surface area contributed by atoms with Gasteiger partial charge in [-0.1, -0.05) is 12.7 Å². The van der Waals surface area contributed by atoms with Crippen molar-refractivity contribution in [2.24, 2.45) is 0 Å². The first-order chi connectivity index (χ1) is 13.8. The number of benzene rings is 2. The molecule has 0 aromatic heterocycles. The minimum absolute atomic E-state index is 0.0482. The van der Waals surface area contributed by atoms with Crippen LogP contribution in [0.15, 0.2) is 60.0 Å². The molecular formula is C21H25NO6S. The highest BCUT2D eigenvalue weighted by Gasteiger charge is 2.28. The number of hydrogen-bond acceptors (Lipinski definition) is 6. The second-order valence-electron chi connectivity index (χ2n) is 6.04. The van der Waals surface area contributed by atoms with E-state index in [1.807, 2.05) is 0 Å². The lowest BCUT2D eigenvalue weighted by Gasteiger charge is -2.24. The van der Waals surface area contributed by atoms with Crippen molar-refractivity contribution in [1.82, 2.24) is 0 Å². The zero-order valence-electron chi connectivity index (χ0n) is 16.8. The standard InChI is InChI=1S/C21H25NO6S/c1-5-13-28-18-9-7-17(8-10-18)22(15-21(23)27-6-2)29(24,25)19-11-12-20(26-4)16(3)14-19/h5,7-12,14H,1,6,13,15H2,2-4H3. The normalized spacial score (nSPS) is 10.9. The third-order valence-corrected chi connectivity index (χ3v) is 5.79. The molecule has 0 radical (unpaired) electrons. The molecule has 0 fully saturated rings. The van der Waals surface area contributed by atoms with E-state index in [1.165, 1.54) is 19.2 Å². The molecule has 2 aromatic rings. The van der Waals surface area contributed by atoms with E-state index in [1.54, 1.807) is 50.3 Å². The summed E-state index contributed by atoms with van der Waals surface area (Å²) in [6, 6.07) is 10.9. The van der Waals surface area contributed by atoms with Crippen molar-refractivity contribution in [2.45, 2.75) is 18.7 Å². The van der Waals surface area contributed by atoms with E-state index in [9.17, 15) is 13.2 Å². The van der Waals surface area contributed by atoms with Crippen LogP contribution in [0, 0.1) is 6.92 Å². The first kappa shape index (κ1) is 22.3. The summed E-state index contributed by atoms with van der Waals surface area (Å²) in [6.07, 6.45) is 1.61. The lowest BCUT2D eigenvalue weighted by Crippen LogP contribution is -2.36. The van der Waals surface area contributed by atoms with E-state index < -0.39 is 22.5 Å². The molecule has 0 unspecified atom stereocenters. The zero-order chi connectivity index (χ0) is 21.4. The number of esters is 1. The number of carbonyl (C=O) groups is 1. The van der Waals surface area contributed by atoms with Crippen LogP contribution in [0.3, 0.4) is 0 Å². The molecule has 0 bridgehead atoms. The van der Waals surface area contributed by atoms with Gasteiger partial charge in [-0.25, -0.2) is 8.42 Å². The van der Waals surface area contributed by atoms with Gasteiger partial charge in [0.2, 0.25) is 0 Å². The molecule has 29 heavy (non-hydrogen) atoms. The first-order valence-corrected chi connectivity index (χ1v) is 10.4. The second kappa shape index (κ2) is 9.97. The molecule has 0 atom stereocenters. The average Bonchev–Trinajstić information content (AvgIpc) is 2.71. The predicted molar refractivity (Wildman–Crippen MR) is 111 cm³/mol. The minimum atomic E-state index is -4.02. The molecule has 7 nitrogen and oxygen atoms in total. The molecule has 0 aliphatic rings. The Morgan fingerprint density at radius 2 is 1.86 bits per heavy atom. The summed E-state index contributed by atoms with van der Waals surface area (Å²) >= 11 is 0. The molecule has 0 saturated carbocycles. The van der Waals surface area contributed by atoms with Crippen LogP contribution in [0.25, 0.3) is 0 Å². The molecule has 156 valence electrons. The maximum atomic E-state index is 13.3. The van der Waals surface area contributed by atoms with Gasteiger partial charge in [0.05, 0.1) is 24.3 Å². The number of anilines is 1. The minimum Gasteiger partial charge on any atom is -0.496 e. The molecule has 2 aromatic carbocycles. The van der Waals surface area contributed by atoms with E-state index in [0.29, 0.717) is 29.4 Å². The molecule has 0 N–H and O–H groups in total. The average molecular weight is 419 g/mol. The second-order valence-corrected chi connectivity index (χ2v) is 7.90. The van der Waals surface area contributed by atoms with Gasteiger partial charge < -0.3 is 14.2 Å². The SMILES string of the molecule is C=CCOc1ccc(N(CC(=O)OCC)S(=O)(=O)c2ccc(OC)c(C)c2)cc1. The van der Waals surface area contributed by atoms with Crippen LogP contribution in [0.2, 0.25) is 0 Å². The molecule has 8 heteroatoms. The van der Waals surface area contributed by atoms with Gasteiger partial charge in [0.1, 0.15) is 24.7 Å². The Kier molecular flexibility index (Phi) is 7.67. The largest absolute Gasteiger partial charge is 0.496 e. The molecular weight excluding hydrogens is 394 g/mol. The Hall–Kier alpha value is -3.00. The summed E-state index contributed by atoms with van der Waals surface area (Å²) in [5.41, 5.74) is 0.982. The fraction of sp³-hybridized carbons (Fsp3) is 0.286. The summed E-state index contributed by atoms with van der Waals surface area (Å²) in [5, 5.41) is 0. The fourth-order valence-electron chi connectivity index (χ4n) is 2.64. The molecule has 0 heterocycles. The number of carbonyl (C=O) groups excluding carboxylic acids is 1. The highest BCUT2D eigenvalue weighted by molar-refractivity contribution is 7.92. The topological polar surface area (TPSA) is 82.1 Å². The maximum absolute atomic E-state index is 13.3. The van der Waals surface area contributed by atoms with Gasteiger partial charge in [-0.2, -0.15) is 0 Å². The maximum Gasteiger partial charge on any atom is 0.326 e. The van der Waals surface area contributed by atoms with Gasteiger partial charge in [0.15, 0.2) is 0 Å². The Morgan fingerprint density at radius 1 is 1.17 bits per heavy atom. The number of ether oxygens (including phenoxy) is 3. The number of nitrogens with zero attached hydrogens (tertiary/aromatic N) is 1. The van der Waals surface area contributed by atoms with Crippen molar-refractivity contribution in [3.63, 3.8) is 0 Å². The third-order valence-electron chi connectivity index (χ3n) is 4.02. The summed E-state index contributed by atoms with van der Waals surface area (Å²) in [6.45, 7) is 7.03. The van der Waals surface area contributed by atoms with E-state index in [0.717, 1.165) is 4.31 Å². The van der Waals surface area contributed by atoms with Crippen LogP contribution in [0.4, 0.5) is 5.69 Å². The summed E-state index contributed by atoms with van der Waals surface area (Å²) in [5.74, 6) is 0.486. The van der Waals surface area contributed by atoms with E-state index in [-0.39, 0.29) is 11.5 Å². The molecule has 2 rings (SSSR count). The quantitative estimate of drug-likeness (QED) is 0.434. The first-order valence-electron chi connectivity index (χ1n) is 9.00. The highest BCUT2D eigenvalue weighted by Crippen LogP contribution is 2.28. The van der Waals surface area contributed by atoms with Crippen molar-refractivity contribution in [3.8, 4) is 11.5 Å². The van der Waals surface area contributed by atoms with Crippen molar-refractivity contribution >= 4 is 21.7 Å². The highest BCUT2D eigenvalue weighted by atomic mass is 32.2. The van der Waals surface area contributed by atoms with E-state index in [2.05, 4.69) is 6.58 Å². The lowest BCUT2D eigenvalue weighted by molar-refractivity contribution is -0.141. The van der Waals surface area contributed by atoms with Crippen molar-refractivity contribution in [1.29, 1.82) is 0 Å². The third kappa shape index (κ3) is 5.51. The Bertz CT molecular complexity index is 954. The Balaban J connectivity index is 2.44. The monoisotopic (exact) mass is 419 g/mol. The van der Waals surface area contributed by atoms with Gasteiger partial charge in [0, 0.05) is 0 Å². The van der Waals surface area contributed by atoms with Gasteiger partial charge in [-0.3, -0.25) is 9.10 Å². The number of sulfonamides is 1. The van der Waals surface area contributed by atoms with Gasteiger partial charge in [-0.15, -0.1) is 0 Å². The van der Waals surface area contributed by atoms with Gasteiger partial charge >= 0.3 is 5.97 Å². The van der Waals surface area contributed by atoms with Crippen molar-refractivity contribution < 1.29 is 27.4 Å². The number of methoxy groups -OCH3 is 1. The van der Waals surface area contributed by atoms with Crippen LogP contribution in [-0.2, 0) is 19.6 Å². The van der Waals surface area contributed by atoms with Gasteiger partial charge in [0.25, 0.3) is 10.0 Å². The zero-order valence-corrected chi connectivity index (χ0v) is 17.6. The summed E-state index contributed by atoms with van der Waals surface area (Å²) in [7, 11) is -2.51. The van der Waals surface area contributed by atoms with E-state index >= 15 is 0 Å². The number of rotatable bonds is 10. The smallest absolute Gasteiger partial charge is 0.326 e. The number of hydrogen-bond donors (Lipinski definition) is 0. The molecule has 0 spiro atoms. The number of aryl methyl sites for hydroxylation is 1. The predicted octanol–water partition coefficient (Wildman–Crippen LogP) is 3.33. The van der Waals surface area contributed by atoms with Crippen LogP contribution in [-0.4, -0.2) is 41.3 Å².